The average Bonchev–Trinajstić information content (AvgIpc) is 2.26. The zero-order chi connectivity index (χ0) is 12.1. The molecule has 6 heteroatoms. The predicted octanol–water partition coefficient (Wildman–Crippen LogP) is 0.799. The van der Waals surface area contributed by atoms with Crippen LogP contribution in [0, 0.1) is 17.0 Å². The summed E-state index contributed by atoms with van der Waals surface area (Å²) in [5.74, 6) is -0.613. The first-order chi connectivity index (χ1) is 7.50. The molecule has 0 saturated carbocycles. The number of hydrogen-bond acceptors (Lipinski definition) is 5. The summed E-state index contributed by atoms with van der Waals surface area (Å²) in [6.07, 6.45) is 0. The number of nitro benzene ring substituents is 1. The minimum absolute atomic E-state index is 0.0102. The van der Waals surface area contributed by atoms with Crippen LogP contribution in [0.15, 0.2) is 24.3 Å². The highest BCUT2D eigenvalue weighted by Crippen LogP contribution is 2.12. The maximum absolute atomic E-state index is 11.0. The maximum atomic E-state index is 11.0. The second kappa shape index (κ2) is 5.22. The van der Waals surface area contributed by atoms with Gasteiger partial charge in [0.05, 0.1) is 4.92 Å². The quantitative estimate of drug-likeness (QED) is 0.462. The average molecular weight is 223 g/mol. The van der Waals surface area contributed by atoms with Gasteiger partial charge in [0.15, 0.2) is 0 Å². The Balaban J connectivity index is 2.56. The van der Waals surface area contributed by atoms with Crippen LogP contribution in [0.5, 0.6) is 0 Å². The van der Waals surface area contributed by atoms with Gasteiger partial charge in [-0.05, 0) is 24.6 Å². The van der Waals surface area contributed by atoms with Crippen molar-refractivity contribution in [2.24, 2.45) is 5.73 Å². The summed E-state index contributed by atoms with van der Waals surface area (Å²) in [4.78, 5) is 20.8. The van der Waals surface area contributed by atoms with Gasteiger partial charge >= 0.3 is 5.97 Å². The van der Waals surface area contributed by atoms with Crippen molar-refractivity contribution in [3.8, 4) is 0 Å². The molecule has 0 bridgehead atoms. The molecule has 85 valence electrons. The first-order valence-electron chi connectivity index (χ1n) is 4.49. The topological polar surface area (TPSA) is 95.5 Å². The number of esters is 1. The molecule has 0 aromatic heterocycles. The van der Waals surface area contributed by atoms with Gasteiger partial charge in [-0.25, -0.2) is 0 Å². The standard InChI is InChI=1S/C10H11N2O4/c1-7(11)10(13)16-6-8-2-4-9(5-3-8)12(14)15/h2-5,7H,1,6,11H2. The molecule has 6 nitrogen and oxygen atoms in total. The number of nitro groups is 1. The van der Waals surface area contributed by atoms with Gasteiger partial charge in [0.1, 0.15) is 12.6 Å². The monoisotopic (exact) mass is 223 g/mol. The van der Waals surface area contributed by atoms with E-state index in [1.165, 1.54) is 24.3 Å². The fraction of sp³-hybridized carbons (Fsp3) is 0.200. The Labute approximate surface area is 92.2 Å². The van der Waals surface area contributed by atoms with Crippen LogP contribution in [0.3, 0.4) is 0 Å². The van der Waals surface area contributed by atoms with Crippen LogP contribution in [0.25, 0.3) is 0 Å². The molecule has 0 aliphatic rings. The molecular formula is C10H11N2O4. The Morgan fingerprint density at radius 2 is 2.06 bits per heavy atom. The number of non-ortho nitro benzene ring substituents is 1. The van der Waals surface area contributed by atoms with E-state index in [9.17, 15) is 14.9 Å². The summed E-state index contributed by atoms with van der Waals surface area (Å²) in [5, 5.41) is 10.4. The number of hydrogen-bond donors (Lipinski definition) is 1. The number of carbonyl (C=O) groups is 1. The van der Waals surface area contributed by atoms with Crippen LogP contribution in [-0.4, -0.2) is 16.9 Å². The number of nitrogens with zero attached hydrogens (tertiary/aromatic N) is 1. The third kappa shape index (κ3) is 3.32. The van der Waals surface area contributed by atoms with Crippen molar-refractivity contribution in [2.75, 3.05) is 0 Å². The second-order valence-electron chi connectivity index (χ2n) is 3.14. The predicted molar refractivity (Wildman–Crippen MR) is 56.2 cm³/mol. The van der Waals surface area contributed by atoms with Gasteiger partial charge in [-0.3, -0.25) is 14.9 Å². The van der Waals surface area contributed by atoms with Crippen LogP contribution in [0.1, 0.15) is 5.56 Å². The van der Waals surface area contributed by atoms with Crippen molar-refractivity contribution in [3.05, 3.63) is 46.9 Å². The van der Waals surface area contributed by atoms with E-state index in [4.69, 9.17) is 10.5 Å². The molecule has 0 aliphatic carbocycles. The molecule has 0 spiro atoms. The third-order valence-electron chi connectivity index (χ3n) is 1.83. The molecule has 16 heavy (non-hydrogen) atoms. The highest BCUT2D eigenvalue weighted by Gasteiger charge is 2.09. The molecule has 1 radical (unpaired) electrons. The van der Waals surface area contributed by atoms with Gasteiger partial charge in [0, 0.05) is 12.1 Å². The van der Waals surface area contributed by atoms with Gasteiger partial charge in [-0.15, -0.1) is 0 Å². The fourth-order valence-electron chi connectivity index (χ4n) is 0.975. The first kappa shape index (κ1) is 12.1. The lowest BCUT2D eigenvalue weighted by Crippen LogP contribution is -2.28. The number of rotatable bonds is 4. The molecule has 1 atom stereocenters. The zero-order valence-electron chi connectivity index (χ0n) is 8.46. The summed E-state index contributed by atoms with van der Waals surface area (Å²) in [5.41, 5.74) is 5.83. The van der Waals surface area contributed by atoms with Crippen LogP contribution >= 0.6 is 0 Å². The Bertz CT molecular complexity index is 386. The van der Waals surface area contributed by atoms with E-state index >= 15 is 0 Å². The summed E-state index contributed by atoms with van der Waals surface area (Å²) >= 11 is 0. The molecule has 2 N–H and O–H groups in total. The van der Waals surface area contributed by atoms with E-state index in [-0.39, 0.29) is 12.3 Å². The minimum Gasteiger partial charge on any atom is -0.460 e. The molecule has 0 heterocycles. The third-order valence-corrected chi connectivity index (χ3v) is 1.83. The molecule has 0 saturated heterocycles. The Kier molecular flexibility index (Phi) is 3.96. The molecule has 1 aromatic carbocycles. The SMILES string of the molecule is [CH2]C(N)C(=O)OCc1ccc([N+](=O)[O-])cc1. The summed E-state index contributed by atoms with van der Waals surface area (Å²) in [7, 11) is 0. The van der Waals surface area contributed by atoms with E-state index < -0.39 is 16.9 Å². The number of benzene rings is 1. The van der Waals surface area contributed by atoms with Gasteiger partial charge in [-0.1, -0.05) is 0 Å². The van der Waals surface area contributed by atoms with Crippen molar-refractivity contribution in [1.82, 2.24) is 0 Å². The smallest absolute Gasteiger partial charge is 0.323 e. The summed E-state index contributed by atoms with van der Waals surface area (Å²) in [6.45, 7) is 3.33. The van der Waals surface area contributed by atoms with Crippen molar-refractivity contribution < 1.29 is 14.5 Å². The van der Waals surface area contributed by atoms with Crippen LogP contribution in [0.4, 0.5) is 5.69 Å². The van der Waals surface area contributed by atoms with E-state index in [1.807, 2.05) is 0 Å². The highest BCUT2D eigenvalue weighted by atomic mass is 16.6. The van der Waals surface area contributed by atoms with Crippen molar-refractivity contribution in [3.63, 3.8) is 0 Å². The van der Waals surface area contributed by atoms with Crippen LogP contribution < -0.4 is 5.73 Å². The van der Waals surface area contributed by atoms with E-state index in [0.717, 1.165) is 0 Å². The fourth-order valence-corrected chi connectivity index (χ4v) is 0.975. The largest absolute Gasteiger partial charge is 0.460 e. The lowest BCUT2D eigenvalue weighted by molar-refractivity contribution is -0.384. The Hall–Kier alpha value is -1.95. The normalized spacial score (nSPS) is 11.9. The molecule has 0 amide bonds. The summed E-state index contributed by atoms with van der Waals surface area (Å²) in [6, 6.07) is 4.79. The van der Waals surface area contributed by atoms with Crippen molar-refractivity contribution in [1.29, 1.82) is 0 Å². The molecule has 1 rings (SSSR count). The maximum Gasteiger partial charge on any atom is 0.323 e. The lowest BCUT2D eigenvalue weighted by Gasteiger charge is -2.06. The van der Waals surface area contributed by atoms with Crippen molar-refractivity contribution >= 4 is 11.7 Å². The number of carbonyl (C=O) groups excluding carboxylic acids is 1. The lowest BCUT2D eigenvalue weighted by atomic mass is 10.2. The second-order valence-corrected chi connectivity index (χ2v) is 3.14. The molecule has 0 aliphatic heterocycles. The highest BCUT2D eigenvalue weighted by molar-refractivity contribution is 5.76. The number of nitrogens with two attached hydrogens (primary N) is 1. The van der Waals surface area contributed by atoms with Crippen LogP contribution in [-0.2, 0) is 16.1 Å². The van der Waals surface area contributed by atoms with E-state index in [2.05, 4.69) is 6.92 Å². The van der Waals surface area contributed by atoms with E-state index in [0.29, 0.717) is 5.56 Å². The first-order valence-corrected chi connectivity index (χ1v) is 4.49. The van der Waals surface area contributed by atoms with Gasteiger partial charge < -0.3 is 10.5 Å². The van der Waals surface area contributed by atoms with Gasteiger partial charge in [-0.2, -0.15) is 0 Å². The molecule has 1 unspecified atom stereocenters. The van der Waals surface area contributed by atoms with Gasteiger partial charge in [0.2, 0.25) is 0 Å². The minimum atomic E-state index is -0.918. The van der Waals surface area contributed by atoms with E-state index in [1.54, 1.807) is 0 Å². The van der Waals surface area contributed by atoms with Crippen LogP contribution in [0.2, 0.25) is 0 Å². The molecular weight excluding hydrogens is 212 g/mol. The summed E-state index contributed by atoms with van der Waals surface area (Å²) < 4.78 is 4.79. The number of ether oxygens (including phenoxy) is 1. The molecule has 0 fully saturated rings. The Morgan fingerprint density at radius 1 is 1.50 bits per heavy atom. The zero-order valence-corrected chi connectivity index (χ0v) is 8.46. The Morgan fingerprint density at radius 3 is 2.50 bits per heavy atom. The molecule has 1 aromatic rings. The van der Waals surface area contributed by atoms with Gasteiger partial charge in [0.25, 0.3) is 5.69 Å². The van der Waals surface area contributed by atoms with Crippen molar-refractivity contribution in [2.45, 2.75) is 12.6 Å².